The fourth-order valence-electron chi connectivity index (χ4n) is 1.26. The third kappa shape index (κ3) is 8.52. The van der Waals surface area contributed by atoms with Crippen molar-refractivity contribution in [3.05, 3.63) is 23.3 Å². The van der Waals surface area contributed by atoms with E-state index in [1.807, 2.05) is 0 Å². The Kier molecular flexibility index (Phi) is 9.13. The zero-order valence-corrected chi connectivity index (χ0v) is 11.4. The summed E-state index contributed by atoms with van der Waals surface area (Å²) in [6, 6.07) is 0. The summed E-state index contributed by atoms with van der Waals surface area (Å²) in [7, 11) is 0. The molecule has 0 amide bonds. The Morgan fingerprint density at radius 3 is 1.15 bits per heavy atom. The van der Waals surface area contributed by atoms with Crippen molar-refractivity contribution < 1.29 is 21.7 Å². The predicted octanol–water partition coefficient (Wildman–Crippen LogP) is 4.19. The summed E-state index contributed by atoms with van der Waals surface area (Å²) in [4.78, 5) is 0. The summed E-state index contributed by atoms with van der Waals surface area (Å²) >= 11 is 0. The van der Waals surface area contributed by atoms with Crippen molar-refractivity contribution in [2.24, 2.45) is 11.8 Å². The first kappa shape index (κ1) is 15.7. The van der Waals surface area contributed by atoms with E-state index in [9.17, 15) is 0 Å². The van der Waals surface area contributed by atoms with Gasteiger partial charge in [0.1, 0.15) is 0 Å². The third-order valence-electron chi connectivity index (χ3n) is 1.79. The van der Waals surface area contributed by atoms with Crippen LogP contribution in [0.25, 0.3) is 0 Å². The van der Waals surface area contributed by atoms with Crippen LogP contribution >= 0.6 is 0 Å². The fourth-order valence-corrected chi connectivity index (χ4v) is 1.26. The van der Waals surface area contributed by atoms with E-state index in [0.717, 1.165) is 0 Å². The molecule has 0 nitrogen and oxygen atoms in total. The quantitative estimate of drug-likeness (QED) is 0.488. The van der Waals surface area contributed by atoms with E-state index in [1.54, 1.807) is 0 Å². The molecule has 0 bridgehead atoms. The van der Waals surface area contributed by atoms with E-state index in [1.165, 1.54) is 11.1 Å². The standard InChI is InChI=1S/C12H22.Ti/c1-9(2)7-11(5)12(6)8-10(3)4;/h7-10H,1-6H3;. The Bertz CT molecular complexity index is 163. The molecule has 1 heteroatoms. The van der Waals surface area contributed by atoms with Crippen LogP contribution < -0.4 is 0 Å². The Hall–Kier alpha value is 0.194. The van der Waals surface area contributed by atoms with Crippen LogP contribution in [0.15, 0.2) is 23.3 Å². The summed E-state index contributed by atoms with van der Waals surface area (Å²) in [6.45, 7) is 13.2. The van der Waals surface area contributed by atoms with Gasteiger partial charge < -0.3 is 0 Å². The van der Waals surface area contributed by atoms with Crippen molar-refractivity contribution in [3.8, 4) is 0 Å². The molecular weight excluding hydrogens is 192 g/mol. The monoisotopic (exact) mass is 214 g/mol. The maximum Gasteiger partial charge on any atom is 0 e. The van der Waals surface area contributed by atoms with Gasteiger partial charge in [-0.2, -0.15) is 0 Å². The molecule has 13 heavy (non-hydrogen) atoms. The van der Waals surface area contributed by atoms with Crippen molar-refractivity contribution in [3.63, 3.8) is 0 Å². The molecule has 0 unspecified atom stereocenters. The molecule has 0 aromatic rings. The molecule has 0 rings (SSSR count). The molecule has 0 saturated carbocycles. The molecule has 0 atom stereocenters. The van der Waals surface area contributed by atoms with Gasteiger partial charge in [-0.3, -0.25) is 0 Å². The second-order valence-electron chi connectivity index (χ2n) is 4.19. The van der Waals surface area contributed by atoms with Gasteiger partial charge in [-0.25, -0.2) is 0 Å². The van der Waals surface area contributed by atoms with Gasteiger partial charge in [-0.1, -0.05) is 51.0 Å². The number of allylic oxidation sites excluding steroid dienone is 4. The average molecular weight is 214 g/mol. The minimum absolute atomic E-state index is 0. The maximum absolute atomic E-state index is 2.31. The maximum atomic E-state index is 2.31. The summed E-state index contributed by atoms with van der Waals surface area (Å²) < 4.78 is 0. The summed E-state index contributed by atoms with van der Waals surface area (Å²) in [5.74, 6) is 1.31. The van der Waals surface area contributed by atoms with E-state index in [-0.39, 0.29) is 21.7 Å². The van der Waals surface area contributed by atoms with Crippen LogP contribution in [0.5, 0.6) is 0 Å². The number of hydrogen-bond acceptors (Lipinski definition) is 0. The van der Waals surface area contributed by atoms with Crippen molar-refractivity contribution in [2.45, 2.75) is 41.5 Å². The van der Waals surface area contributed by atoms with Gasteiger partial charge in [-0.05, 0) is 25.7 Å². The van der Waals surface area contributed by atoms with Crippen LogP contribution in [0.3, 0.4) is 0 Å². The van der Waals surface area contributed by atoms with Gasteiger partial charge in [0.05, 0.1) is 0 Å². The molecular formula is C12H22Ti. The van der Waals surface area contributed by atoms with E-state index >= 15 is 0 Å². The van der Waals surface area contributed by atoms with E-state index < -0.39 is 0 Å². The smallest absolute Gasteiger partial charge is 0 e. The van der Waals surface area contributed by atoms with Crippen LogP contribution in [0.4, 0.5) is 0 Å². The van der Waals surface area contributed by atoms with Crippen molar-refractivity contribution in [2.75, 3.05) is 0 Å². The Morgan fingerprint density at radius 1 is 0.769 bits per heavy atom. The SMILES string of the molecule is CC(=CC(C)C)C(C)=CC(C)C.[Ti]. The molecule has 0 aliphatic heterocycles. The van der Waals surface area contributed by atoms with Crippen LogP contribution in [0, 0.1) is 11.8 Å². The minimum Gasteiger partial charge on any atom is -0.0788 e. The van der Waals surface area contributed by atoms with E-state index in [0.29, 0.717) is 11.8 Å². The van der Waals surface area contributed by atoms with Gasteiger partial charge in [0.15, 0.2) is 0 Å². The molecule has 0 aliphatic carbocycles. The Morgan fingerprint density at radius 2 is 1.00 bits per heavy atom. The Balaban J connectivity index is 0. The first-order chi connectivity index (χ1) is 5.43. The minimum atomic E-state index is 0. The molecule has 0 fully saturated rings. The number of hydrogen-bond donors (Lipinski definition) is 0. The largest absolute Gasteiger partial charge is 0.0788 e. The van der Waals surface area contributed by atoms with Crippen LogP contribution in [0.2, 0.25) is 0 Å². The van der Waals surface area contributed by atoms with E-state index in [2.05, 4.69) is 53.7 Å². The van der Waals surface area contributed by atoms with Gasteiger partial charge >= 0.3 is 0 Å². The van der Waals surface area contributed by atoms with Crippen molar-refractivity contribution in [1.82, 2.24) is 0 Å². The van der Waals surface area contributed by atoms with Gasteiger partial charge in [-0.15, -0.1) is 0 Å². The molecule has 0 aromatic heterocycles. The molecule has 0 heterocycles. The first-order valence-corrected chi connectivity index (χ1v) is 4.80. The normalized spacial score (nSPS) is 13.5. The number of rotatable bonds is 3. The average Bonchev–Trinajstić information content (AvgIpc) is 1.84. The second kappa shape index (κ2) is 7.58. The molecule has 0 spiro atoms. The zero-order valence-electron chi connectivity index (χ0n) is 9.81. The fraction of sp³-hybridized carbons (Fsp3) is 0.667. The van der Waals surface area contributed by atoms with Gasteiger partial charge in [0, 0.05) is 21.7 Å². The van der Waals surface area contributed by atoms with Gasteiger partial charge in [0.2, 0.25) is 0 Å². The van der Waals surface area contributed by atoms with Crippen LogP contribution in [-0.4, -0.2) is 0 Å². The summed E-state index contributed by atoms with van der Waals surface area (Å²) in [6.07, 6.45) is 4.63. The molecule has 0 N–H and O–H groups in total. The zero-order chi connectivity index (χ0) is 9.72. The first-order valence-electron chi connectivity index (χ1n) is 4.80. The summed E-state index contributed by atoms with van der Waals surface area (Å²) in [5.41, 5.74) is 2.83. The Labute approximate surface area is 98.4 Å². The van der Waals surface area contributed by atoms with Crippen LogP contribution in [0.1, 0.15) is 41.5 Å². The van der Waals surface area contributed by atoms with E-state index in [4.69, 9.17) is 0 Å². The predicted molar refractivity (Wildman–Crippen MR) is 57.2 cm³/mol. The van der Waals surface area contributed by atoms with Crippen molar-refractivity contribution in [1.29, 1.82) is 0 Å². The van der Waals surface area contributed by atoms with Crippen LogP contribution in [-0.2, 0) is 21.7 Å². The van der Waals surface area contributed by atoms with Gasteiger partial charge in [0.25, 0.3) is 0 Å². The second-order valence-corrected chi connectivity index (χ2v) is 4.19. The topological polar surface area (TPSA) is 0 Å². The summed E-state index contributed by atoms with van der Waals surface area (Å²) in [5, 5.41) is 0. The molecule has 0 saturated heterocycles. The third-order valence-corrected chi connectivity index (χ3v) is 1.79. The van der Waals surface area contributed by atoms with Crippen molar-refractivity contribution >= 4 is 0 Å². The molecule has 74 valence electrons. The molecule has 0 radical (unpaired) electrons. The molecule has 0 aromatic carbocycles. The molecule has 0 aliphatic rings.